The van der Waals surface area contributed by atoms with Gasteiger partial charge in [-0.25, -0.2) is 13.2 Å². The van der Waals surface area contributed by atoms with Crippen molar-refractivity contribution in [3.8, 4) is 0 Å². The molecule has 1 aliphatic carbocycles. The molecule has 0 aliphatic heterocycles. The third kappa shape index (κ3) is 5.43. The minimum atomic E-state index is -0.649. The molecule has 1 aliphatic rings. The Hall–Kier alpha value is -1.77. The lowest BCUT2D eigenvalue weighted by Gasteiger charge is -2.29. The molecule has 0 atom stereocenters. The van der Waals surface area contributed by atoms with E-state index in [1.165, 1.54) is 0 Å². The van der Waals surface area contributed by atoms with E-state index in [9.17, 15) is 13.2 Å². The number of halogens is 3. The van der Waals surface area contributed by atoms with Gasteiger partial charge in [0.1, 0.15) is 5.82 Å². The molecule has 0 heterocycles. The summed E-state index contributed by atoms with van der Waals surface area (Å²) >= 11 is 0. The molecule has 3 rings (SSSR count). The molecule has 0 N–H and O–H groups in total. The number of benzene rings is 2. The van der Waals surface area contributed by atoms with Crippen LogP contribution in [0.3, 0.4) is 0 Å². The van der Waals surface area contributed by atoms with E-state index < -0.39 is 11.6 Å². The highest BCUT2D eigenvalue weighted by Crippen LogP contribution is 2.39. The first kappa shape index (κ1) is 21.9. The van der Waals surface area contributed by atoms with Crippen molar-refractivity contribution in [2.24, 2.45) is 5.92 Å². The van der Waals surface area contributed by atoms with Gasteiger partial charge in [0.15, 0.2) is 11.6 Å². The molecule has 0 radical (unpaired) electrons. The Balaban J connectivity index is 1.55. The van der Waals surface area contributed by atoms with Crippen LogP contribution in [-0.2, 0) is 19.3 Å². The van der Waals surface area contributed by atoms with E-state index in [0.29, 0.717) is 23.5 Å². The van der Waals surface area contributed by atoms with Gasteiger partial charge in [-0.05, 0) is 97.9 Å². The Labute approximate surface area is 173 Å². The van der Waals surface area contributed by atoms with Crippen LogP contribution in [0.25, 0.3) is 0 Å². The summed E-state index contributed by atoms with van der Waals surface area (Å²) in [6, 6.07) is 9.15. The van der Waals surface area contributed by atoms with E-state index >= 15 is 0 Å². The van der Waals surface area contributed by atoms with Gasteiger partial charge in [0.25, 0.3) is 0 Å². The molecule has 0 aromatic heterocycles. The van der Waals surface area contributed by atoms with Crippen molar-refractivity contribution in [3.05, 3.63) is 70.0 Å². The van der Waals surface area contributed by atoms with Crippen LogP contribution in [-0.4, -0.2) is 0 Å². The molecule has 1 saturated carbocycles. The first-order valence-electron chi connectivity index (χ1n) is 11.3. The molecule has 0 saturated heterocycles. The van der Waals surface area contributed by atoms with E-state index in [0.717, 1.165) is 68.9 Å². The zero-order valence-corrected chi connectivity index (χ0v) is 17.7. The summed E-state index contributed by atoms with van der Waals surface area (Å²) in [5, 5.41) is 0. The number of rotatable bonds is 8. The lowest BCUT2D eigenvalue weighted by atomic mass is 9.76. The third-order valence-corrected chi connectivity index (χ3v) is 6.63. The predicted octanol–water partition coefficient (Wildman–Crippen LogP) is 7.92. The monoisotopic (exact) mass is 402 g/mol. The van der Waals surface area contributed by atoms with Gasteiger partial charge in [0.2, 0.25) is 0 Å². The minimum absolute atomic E-state index is 0.0984. The second kappa shape index (κ2) is 10.3. The van der Waals surface area contributed by atoms with E-state index in [4.69, 9.17) is 0 Å². The second-order valence-electron chi connectivity index (χ2n) is 8.58. The minimum Gasteiger partial charge on any atom is -0.207 e. The van der Waals surface area contributed by atoms with Gasteiger partial charge in [0.05, 0.1) is 0 Å². The Morgan fingerprint density at radius 1 is 0.828 bits per heavy atom. The van der Waals surface area contributed by atoms with Gasteiger partial charge in [-0.2, -0.15) is 0 Å². The van der Waals surface area contributed by atoms with Crippen LogP contribution in [0, 0.1) is 23.4 Å². The lowest BCUT2D eigenvalue weighted by Crippen LogP contribution is -2.16. The summed E-state index contributed by atoms with van der Waals surface area (Å²) < 4.78 is 43.2. The van der Waals surface area contributed by atoms with Crippen molar-refractivity contribution in [1.82, 2.24) is 0 Å². The van der Waals surface area contributed by atoms with Gasteiger partial charge in [-0.1, -0.05) is 44.5 Å². The topological polar surface area (TPSA) is 0 Å². The van der Waals surface area contributed by atoms with Crippen LogP contribution in [0.2, 0.25) is 0 Å². The van der Waals surface area contributed by atoms with Gasteiger partial charge in [-0.15, -0.1) is 0 Å². The number of unbranched alkanes of at least 4 members (excludes halogenated alkanes) is 1. The normalized spacial score (nSPS) is 19.5. The second-order valence-corrected chi connectivity index (χ2v) is 8.58. The van der Waals surface area contributed by atoms with Crippen molar-refractivity contribution >= 4 is 0 Å². The lowest BCUT2D eigenvalue weighted by molar-refractivity contribution is 0.304. The fourth-order valence-corrected chi connectivity index (χ4v) is 4.62. The Morgan fingerprint density at radius 3 is 2.21 bits per heavy atom. The summed E-state index contributed by atoms with van der Waals surface area (Å²) in [5.74, 6) is -0.752. The van der Waals surface area contributed by atoms with Gasteiger partial charge < -0.3 is 0 Å². The van der Waals surface area contributed by atoms with Crippen molar-refractivity contribution in [2.75, 3.05) is 0 Å². The fraction of sp³-hybridized carbons (Fsp3) is 0.538. The van der Waals surface area contributed by atoms with Crippen molar-refractivity contribution < 1.29 is 13.2 Å². The van der Waals surface area contributed by atoms with Crippen molar-refractivity contribution in [3.63, 3.8) is 0 Å². The van der Waals surface area contributed by atoms with E-state index in [1.54, 1.807) is 18.2 Å². The number of hydrogen-bond donors (Lipinski definition) is 0. The Kier molecular flexibility index (Phi) is 7.80. The van der Waals surface area contributed by atoms with Crippen molar-refractivity contribution in [2.45, 2.75) is 84.0 Å². The van der Waals surface area contributed by atoms with Gasteiger partial charge in [-0.3, -0.25) is 0 Å². The number of hydrogen-bond acceptors (Lipinski definition) is 0. The van der Waals surface area contributed by atoms with Crippen molar-refractivity contribution in [1.29, 1.82) is 0 Å². The largest absolute Gasteiger partial charge is 0.207 e. The molecule has 0 bridgehead atoms. The van der Waals surface area contributed by atoms with E-state index in [1.807, 2.05) is 19.1 Å². The zero-order valence-electron chi connectivity index (χ0n) is 17.7. The van der Waals surface area contributed by atoms with Crippen LogP contribution in [0.15, 0.2) is 30.3 Å². The maximum atomic E-state index is 14.6. The molecule has 1 fully saturated rings. The molecule has 0 nitrogen and oxygen atoms in total. The highest BCUT2D eigenvalue weighted by atomic mass is 19.2. The first-order chi connectivity index (χ1) is 14.0. The molecule has 29 heavy (non-hydrogen) atoms. The Morgan fingerprint density at radius 2 is 1.55 bits per heavy atom. The van der Waals surface area contributed by atoms with Crippen LogP contribution in [0.1, 0.15) is 87.0 Å². The molecular weight excluding hydrogens is 369 g/mol. The number of aryl methyl sites for hydroxylation is 3. The molecule has 2 aromatic carbocycles. The van der Waals surface area contributed by atoms with Crippen LogP contribution in [0.4, 0.5) is 13.2 Å². The summed E-state index contributed by atoms with van der Waals surface area (Å²) in [5.41, 5.74) is 2.86. The summed E-state index contributed by atoms with van der Waals surface area (Å²) in [7, 11) is 0. The molecule has 3 heteroatoms. The van der Waals surface area contributed by atoms with Crippen LogP contribution >= 0.6 is 0 Å². The average molecular weight is 403 g/mol. The quantitative estimate of drug-likeness (QED) is 0.421. The molecule has 0 spiro atoms. The summed E-state index contributed by atoms with van der Waals surface area (Å²) in [4.78, 5) is 0. The standard InChI is InChI=1S/C26H33F3/c1-3-5-6-22-15-16-23(26(29)25(22)28)20-11-8-19(9-12-20)10-14-21-13-7-18(4-2)17-24(21)27/h7,13,15-17,19-20H,3-6,8-12,14H2,1-2H3. The summed E-state index contributed by atoms with van der Waals surface area (Å²) in [6.45, 7) is 4.08. The predicted molar refractivity (Wildman–Crippen MR) is 114 cm³/mol. The first-order valence-corrected chi connectivity index (χ1v) is 11.3. The van der Waals surface area contributed by atoms with E-state index in [2.05, 4.69) is 6.92 Å². The maximum absolute atomic E-state index is 14.6. The molecule has 2 aromatic rings. The third-order valence-electron chi connectivity index (χ3n) is 6.63. The Bertz CT molecular complexity index is 804. The van der Waals surface area contributed by atoms with E-state index in [-0.39, 0.29) is 11.7 Å². The fourth-order valence-electron chi connectivity index (χ4n) is 4.62. The van der Waals surface area contributed by atoms with Crippen LogP contribution in [0.5, 0.6) is 0 Å². The average Bonchev–Trinajstić information content (AvgIpc) is 2.74. The highest BCUT2D eigenvalue weighted by molar-refractivity contribution is 5.29. The summed E-state index contributed by atoms with van der Waals surface area (Å²) in [6.07, 6.45) is 8.76. The highest BCUT2D eigenvalue weighted by Gasteiger charge is 2.26. The van der Waals surface area contributed by atoms with Crippen LogP contribution < -0.4 is 0 Å². The molecule has 0 unspecified atom stereocenters. The SMILES string of the molecule is CCCCc1ccc(C2CCC(CCc3ccc(CC)cc3F)CC2)c(F)c1F. The van der Waals surface area contributed by atoms with Gasteiger partial charge >= 0.3 is 0 Å². The zero-order chi connectivity index (χ0) is 20.8. The molecular formula is C26H33F3. The maximum Gasteiger partial charge on any atom is 0.162 e. The molecule has 0 amide bonds. The van der Waals surface area contributed by atoms with Gasteiger partial charge in [0, 0.05) is 0 Å². The molecule has 158 valence electrons. The smallest absolute Gasteiger partial charge is 0.162 e.